The molecule has 1 aromatic heterocycles. The van der Waals surface area contributed by atoms with Crippen molar-refractivity contribution in [3.8, 4) is 10.4 Å². The second-order valence-electron chi connectivity index (χ2n) is 7.75. The van der Waals surface area contributed by atoms with Crippen LogP contribution in [0.5, 0.6) is 0 Å². The monoisotopic (exact) mass is 384 g/mol. The van der Waals surface area contributed by atoms with Crippen molar-refractivity contribution >= 4 is 17.2 Å². The number of fused-ring (bicyclic) bond motifs is 3. The molecule has 2 aromatic rings. The van der Waals surface area contributed by atoms with Gasteiger partial charge in [-0.3, -0.25) is 9.69 Å². The lowest BCUT2D eigenvalue weighted by Gasteiger charge is -2.35. The molecule has 1 aliphatic heterocycles. The van der Waals surface area contributed by atoms with Crippen molar-refractivity contribution in [3.05, 3.63) is 46.3 Å². The van der Waals surface area contributed by atoms with Crippen molar-refractivity contribution in [3.63, 3.8) is 0 Å². The highest BCUT2D eigenvalue weighted by Crippen LogP contribution is 2.39. The number of amides is 1. The Morgan fingerprint density at radius 3 is 2.74 bits per heavy atom. The summed E-state index contributed by atoms with van der Waals surface area (Å²) in [5, 5.41) is 3.11. The summed E-state index contributed by atoms with van der Waals surface area (Å²) in [4.78, 5) is 17.1. The Balaban J connectivity index is 1.31. The number of hydrogen-bond acceptors (Lipinski definition) is 4. The number of benzene rings is 1. The molecule has 2 aliphatic rings. The summed E-state index contributed by atoms with van der Waals surface area (Å²) < 4.78 is 5.77. The lowest BCUT2D eigenvalue weighted by molar-refractivity contribution is -0.0679. The molecule has 0 spiro atoms. The first-order valence-corrected chi connectivity index (χ1v) is 10.8. The van der Waals surface area contributed by atoms with E-state index in [1.165, 1.54) is 21.6 Å². The summed E-state index contributed by atoms with van der Waals surface area (Å²) in [6, 6.07) is 10.7. The van der Waals surface area contributed by atoms with Gasteiger partial charge in [-0.2, -0.15) is 0 Å². The minimum Gasteiger partial charge on any atom is -0.373 e. The Morgan fingerprint density at radius 1 is 1.19 bits per heavy atom. The molecule has 27 heavy (non-hydrogen) atoms. The van der Waals surface area contributed by atoms with Crippen LogP contribution in [0.15, 0.2) is 30.3 Å². The van der Waals surface area contributed by atoms with Crippen LogP contribution in [0.25, 0.3) is 10.4 Å². The van der Waals surface area contributed by atoms with E-state index >= 15 is 0 Å². The zero-order valence-corrected chi connectivity index (χ0v) is 17.0. The van der Waals surface area contributed by atoms with Gasteiger partial charge in [-0.25, -0.2) is 0 Å². The quantitative estimate of drug-likeness (QED) is 0.799. The predicted molar refractivity (Wildman–Crippen MR) is 111 cm³/mol. The number of carbonyl (C=O) groups is 1. The normalized spacial score (nSPS) is 22.1. The highest BCUT2D eigenvalue weighted by atomic mass is 32.1. The number of ether oxygens (including phenoxy) is 1. The Kier molecular flexibility index (Phi) is 5.62. The summed E-state index contributed by atoms with van der Waals surface area (Å²) >= 11 is 1.63. The molecule has 2 heterocycles. The van der Waals surface area contributed by atoms with E-state index in [9.17, 15) is 4.79 Å². The summed E-state index contributed by atoms with van der Waals surface area (Å²) in [5.74, 6) is 0.0654. The fraction of sp³-hybridized carbons (Fsp3) is 0.500. The second kappa shape index (κ2) is 8.13. The standard InChI is InChI=1S/C22H28N2O2S/c1-15-13-24(14-16(2)26-15)11-5-10-23-22(25)20-12-18-9-8-17-6-3-4-7-19(17)21(18)27-20/h3-4,6-7,12,15-16H,5,8-11,13-14H2,1-2H3,(H,23,25)/t15-,16-/m0/s1. The predicted octanol–water partition coefficient (Wildman–Crippen LogP) is 3.74. The summed E-state index contributed by atoms with van der Waals surface area (Å²) in [7, 11) is 0. The molecule has 4 nitrogen and oxygen atoms in total. The first-order chi connectivity index (χ1) is 13.1. The average molecular weight is 385 g/mol. The molecule has 1 aromatic carbocycles. The van der Waals surface area contributed by atoms with E-state index in [0.717, 1.165) is 50.3 Å². The summed E-state index contributed by atoms with van der Waals surface area (Å²) in [5.41, 5.74) is 4.02. The van der Waals surface area contributed by atoms with Crippen LogP contribution in [0, 0.1) is 0 Å². The molecule has 1 saturated heterocycles. The Hall–Kier alpha value is -1.69. The number of nitrogens with one attached hydrogen (secondary N) is 1. The van der Waals surface area contributed by atoms with E-state index < -0.39 is 0 Å². The van der Waals surface area contributed by atoms with Crippen molar-refractivity contribution in [1.82, 2.24) is 10.2 Å². The minimum absolute atomic E-state index is 0.0654. The minimum atomic E-state index is 0.0654. The molecule has 1 amide bonds. The number of thiophene rings is 1. The van der Waals surface area contributed by atoms with Gasteiger partial charge in [0.25, 0.3) is 5.91 Å². The fourth-order valence-electron chi connectivity index (χ4n) is 4.24. The van der Waals surface area contributed by atoms with Crippen molar-refractivity contribution in [2.75, 3.05) is 26.2 Å². The van der Waals surface area contributed by atoms with E-state index in [1.54, 1.807) is 11.3 Å². The van der Waals surface area contributed by atoms with Crippen molar-refractivity contribution in [1.29, 1.82) is 0 Å². The first kappa shape index (κ1) is 18.7. The Bertz CT molecular complexity index is 806. The van der Waals surface area contributed by atoms with Gasteiger partial charge in [0.1, 0.15) is 0 Å². The van der Waals surface area contributed by atoms with E-state index in [0.29, 0.717) is 12.2 Å². The molecule has 1 aliphatic carbocycles. The van der Waals surface area contributed by atoms with Crippen LogP contribution in [0.2, 0.25) is 0 Å². The van der Waals surface area contributed by atoms with Crippen LogP contribution in [0.3, 0.4) is 0 Å². The van der Waals surface area contributed by atoms with Crippen LogP contribution < -0.4 is 5.32 Å². The number of rotatable bonds is 5. The number of morpholine rings is 1. The number of nitrogens with zero attached hydrogens (tertiary/aromatic N) is 1. The molecule has 1 N–H and O–H groups in total. The highest BCUT2D eigenvalue weighted by Gasteiger charge is 2.22. The maximum Gasteiger partial charge on any atom is 0.261 e. The van der Waals surface area contributed by atoms with Crippen LogP contribution >= 0.6 is 11.3 Å². The van der Waals surface area contributed by atoms with Gasteiger partial charge in [0.05, 0.1) is 17.1 Å². The molecule has 0 saturated carbocycles. The van der Waals surface area contributed by atoms with E-state index in [1.807, 2.05) is 0 Å². The molecule has 4 rings (SSSR count). The van der Waals surface area contributed by atoms with Gasteiger partial charge in [-0.1, -0.05) is 24.3 Å². The van der Waals surface area contributed by atoms with Gasteiger partial charge >= 0.3 is 0 Å². The molecule has 0 bridgehead atoms. The molecular formula is C22H28N2O2S. The van der Waals surface area contributed by atoms with E-state index in [2.05, 4.69) is 54.4 Å². The van der Waals surface area contributed by atoms with Gasteiger partial charge in [-0.05, 0) is 55.9 Å². The maximum atomic E-state index is 12.6. The lowest BCUT2D eigenvalue weighted by Crippen LogP contribution is -2.46. The molecule has 0 unspecified atom stereocenters. The van der Waals surface area contributed by atoms with Gasteiger partial charge in [0.2, 0.25) is 0 Å². The molecule has 5 heteroatoms. The average Bonchev–Trinajstić information content (AvgIpc) is 3.09. The largest absolute Gasteiger partial charge is 0.373 e. The second-order valence-corrected chi connectivity index (χ2v) is 8.80. The lowest BCUT2D eigenvalue weighted by atomic mass is 9.91. The van der Waals surface area contributed by atoms with Crippen LogP contribution in [-0.4, -0.2) is 49.2 Å². The number of aryl methyl sites for hydroxylation is 2. The van der Waals surface area contributed by atoms with Gasteiger partial charge < -0.3 is 10.1 Å². The topological polar surface area (TPSA) is 41.6 Å². The third-order valence-electron chi connectivity index (χ3n) is 5.39. The van der Waals surface area contributed by atoms with Gasteiger partial charge in [0.15, 0.2) is 0 Å². The third-order valence-corrected chi connectivity index (χ3v) is 6.60. The summed E-state index contributed by atoms with van der Waals surface area (Å²) in [6.45, 7) is 7.94. The van der Waals surface area contributed by atoms with Crippen LogP contribution in [-0.2, 0) is 17.6 Å². The summed E-state index contributed by atoms with van der Waals surface area (Å²) in [6.07, 6.45) is 3.66. The van der Waals surface area contributed by atoms with Crippen LogP contribution in [0.4, 0.5) is 0 Å². The van der Waals surface area contributed by atoms with E-state index in [4.69, 9.17) is 4.74 Å². The van der Waals surface area contributed by atoms with Gasteiger partial charge in [-0.15, -0.1) is 11.3 Å². The number of carbonyl (C=O) groups excluding carboxylic acids is 1. The molecule has 0 radical (unpaired) electrons. The molecule has 144 valence electrons. The number of hydrogen-bond donors (Lipinski definition) is 1. The first-order valence-electron chi connectivity index (χ1n) is 9.97. The van der Waals surface area contributed by atoms with E-state index in [-0.39, 0.29) is 5.91 Å². The molecular weight excluding hydrogens is 356 g/mol. The molecule has 2 atom stereocenters. The zero-order chi connectivity index (χ0) is 18.8. The highest BCUT2D eigenvalue weighted by molar-refractivity contribution is 7.17. The maximum absolute atomic E-state index is 12.6. The third kappa shape index (κ3) is 4.26. The zero-order valence-electron chi connectivity index (χ0n) is 16.2. The van der Waals surface area contributed by atoms with Gasteiger partial charge in [0, 0.05) is 31.1 Å². The SMILES string of the molecule is C[C@H]1CN(CCCNC(=O)c2cc3c(s2)-c2ccccc2CC3)C[C@H](C)O1. The van der Waals surface area contributed by atoms with Crippen LogP contribution in [0.1, 0.15) is 41.1 Å². The molecule has 1 fully saturated rings. The Labute approximate surface area is 165 Å². The fourth-order valence-corrected chi connectivity index (χ4v) is 5.43. The van der Waals surface area contributed by atoms with Crippen molar-refractivity contribution in [2.24, 2.45) is 0 Å². The van der Waals surface area contributed by atoms with Crippen molar-refractivity contribution in [2.45, 2.75) is 45.3 Å². The smallest absolute Gasteiger partial charge is 0.261 e. The van der Waals surface area contributed by atoms with Crippen molar-refractivity contribution < 1.29 is 9.53 Å². The Morgan fingerprint density at radius 2 is 1.93 bits per heavy atom.